The molecule has 10 heteroatoms. The number of carbonyl (C=O) groups is 1. The Morgan fingerprint density at radius 2 is 1.82 bits per heavy atom. The summed E-state index contributed by atoms with van der Waals surface area (Å²) in [6.45, 7) is 2.39. The van der Waals surface area contributed by atoms with Crippen LogP contribution in [0.5, 0.6) is 0 Å². The van der Waals surface area contributed by atoms with E-state index in [1.54, 1.807) is 47.9 Å². The third-order valence-electron chi connectivity index (χ3n) is 6.12. The highest BCUT2D eigenvalue weighted by atomic mass is 32.2. The van der Waals surface area contributed by atoms with Gasteiger partial charge in [-0.15, -0.1) is 0 Å². The minimum atomic E-state index is -4.67. The van der Waals surface area contributed by atoms with Crippen molar-refractivity contribution < 1.29 is 35.9 Å². The Kier molecular flexibility index (Phi) is 6.00. The highest BCUT2D eigenvalue weighted by Crippen LogP contribution is 2.49. The molecule has 1 aliphatic carbocycles. The maximum atomic E-state index is 13.3. The SMILES string of the molecule is Cc1cscc1C1(S(C)(=O)=O)C=C2C[N+](C=O)(O[C@@H](C)C(F)(F)F)C=C2C(c2ccccc2)=C1. The monoisotopic (exact) mass is 510 g/mol. The van der Waals surface area contributed by atoms with Crippen molar-refractivity contribution >= 4 is 33.2 Å². The number of hydrogen-bond acceptors (Lipinski definition) is 5. The predicted molar refractivity (Wildman–Crippen MR) is 124 cm³/mol. The van der Waals surface area contributed by atoms with Gasteiger partial charge in [-0.1, -0.05) is 35.0 Å². The largest absolute Gasteiger partial charge is 0.420 e. The van der Waals surface area contributed by atoms with Gasteiger partial charge in [0, 0.05) is 17.4 Å². The summed E-state index contributed by atoms with van der Waals surface area (Å²) in [5.41, 5.74) is 3.44. The first kappa shape index (κ1) is 24.6. The van der Waals surface area contributed by atoms with E-state index in [4.69, 9.17) is 4.84 Å². The van der Waals surface area contributed by atoms with Crippen LogP contribution in [0.4, 0.5) is 13.2 Å². The molecule has 0 saturated carbocycles. The maximum absolute atomic E-state index is 13.3. The van der Waals surface area contributed by atoms with Gasteiger partial charge in [0.1, 0.15) is 17.5 Å². The molecule has 0 N–H and O–H groups in total. The quantitative estimate of drug-likeness (QED) is 0.402. The number of benzene rings is 1. The Hall–Kier alpha value is -2.53. The predicted octanol–water partition coefficient (Wildman–Crippen LogP) is 5.07. The molecule has 2 aliphatic rings. The molecule has 34 heavy (non-hydrogen) atoms. The summed E-state index contributed by atoms with van der Waals surface area (Å²) in [6, 6.07) is 8.95. The van der Waals surface area contributed by atoms with Gasteiger partial charge >= 0.3 is 12.6 Å². The summed E-state index contributed by atoms with van der Waals surface area (Å²) in [7, 11) is -3.79. The van der Waals surface area contributed by atoms with E-state index >= 15 is 0 Å². The molecule has 1 aliphatic heterocycles. The van der Waals surface area contributed by atoms with Gasteiger partial charge in [-0.25, -0.2) is 13.2 Å². The van der Waals surface area contributed by atoms with Gasteiger partial charge in [-0.2, -0.15) is 29.3 Å². The van der Waals surface area contributed by atoms with E-state index in [1.165, 1.54) is 17.5 Å². The lowest BCUT2D eigenvalue weighted by Crippen LogP contribution is -2.46. The van der Waals surface area contributed by atoms with Crippen LogP contribution in [0.15, 0.2) is 70.6 Å². The van der Waals surface area contributed by atoms with Gasteiger partial charge in [0.15, 0.2) is 9.84 Å². The van der Waals surface area contributed by atoms with Crippen LogP contribution in [0.3, 0.4) is 0 Å². The second-order valence-corrected chi connectivity index (χ2v) is 11.5. The van der Waals surface area contributed by atoms with Crippen LogP contribution in [0, 0.1) is 6.92 Å². The highest BCUT2D eigenvalue weighted by Gasteiger charge is 2.52. The van der Waals surface area contributed by atoms with Crippen molar-refractivity contribution in [1.29, 1.82) is 0 Å². The Balaban J connectivity index is 1.97. The molecule has 0 spiro atoms. The van der Waals surface area contributed by atoms with Crippen molar-refractivity contribution in [1.82, 2.24) is 0 Å². The number of thiophene rings is 1. The average Bonchev–Trinajstić information content (AvgIpc) is 3.35. The summed E-state index contributed by atoms with van der Waals surface area (Å²) in [5, 5.41) is 3.61. The van der Waals surface area contributed by atoms with Crippen LogP contribution in [-0.2, 0) is 24.2 Å². The van der Waals surface area contributed by atoms with E-state index in [9.17, 15) is 26.4 Å². The second-order valence-electron chi connectivity index (χ2n) is 8.58. The van der Waals surface area contributed by atoms with Crippen molar-refractivity contribution in [2.45, 2.75) is 30.9 Å². The van der Waals surface area contributed by atoms with Gasteiger partial charge in [0.2, 0.25) is 6.10 Å². The summed E-state index contributed by atoms with van der Waals surface area (Å²) < 4.78 is 63.8. The molecule has 2 aromatic rings. The van der Waals surface area contributed by atoms with E-state index in [1.807, 2.05) is 12.3 Å². The Labute approximate surface area is 199 Å². The Morgan fingerprint density at radius 1 is 1.15 bits per heavy atom. The van der Waals surface area contributed by atoms with E-state index in [0.717, 1.165) is 18.7 Å². The Morgan fingerprint density at radius 3 is 2.35 bits per heavy atom. The first-order valence-electron chi connectivity index (χ1n) is 10.4. The highest BCUT2D eigenvalue weighted by molar-refractivity contribution is 7.92. The van der Waals surface area contributed by atoms with Crippen molar-refractivity contribution in [2.24, 2.45) is 0 Å². The number of halogens is 3. The fraction of sp³-hybridized carbons (Fsp3) is 0.292. The molecule has 1 aromatic carbocycles. The third kappa shape index (κ3) is 4.08. The lowest BCUT2D eigenvalue weighted by Gasteiger charge is -2.32. The maximum Gasteiger partial charge on any atom is 0.420 e. The lowest BCUT2D eigenvalue weighted by molar-refractivity contribution is -0.999. The minimum absolute atomic E-state index is 0.260. The number of nitrogens with zero attached hydrogens (tertiary/aromatic N) is 1. The molecule has 180 valence electrons. The molecule has 3 atom stereocenters. The van der Waals surface area contributed by atoms with Gasteiger partial charge < -0.3 is 0 Å². The zero-order valence-electron chi connectivity index (χ0n) is 18.7. The molecule has 0 bridgehead atoms. The number of aryl methyl sites for hydroxylation is 1. The first-order chi connectivity index (χ1) is 15.8. The molecular weight excluding hydrogens is 487 g/mol. The number of quaternary nitrogens is 1. The minimum Gasteiger partial charge on any atom is -0.230 e. The number of allylic oxidation sites excluding steroid dienone is 1. The zero-order chi connectivity index (χ0) is 24.9. The normalized spacial score (nSPS) is 25.8. The van der Waals surface area contributed by atoms with Crippen molar-refractivity contribution in [2.75, 3.05) is 12.8 Å². The van der Waals surface area contributed by atoms with E-state index < -0.39 is 31.5 Å². The topological polar surface area (TPSA) is 60.4 Å². The van der Waals surface area contributed by atoms with Gasteiger partial charge in [-0.3, -0.25) is 0 Å². The van der Waals surface area contributed by atoms with E-state index in [0.29, 0.717) is 34.3 Å². The molecule has 1 amide bonds. The number of rotatable bonds is 6. The molecule has 2 heterocycles. The summed E-state index contributed by atoms with van der Waals surface area (Å²) in [6.07, 6.45) is -0.952. The summed E-state index contributed by atoms with van der Waals surface area (Å²) in [5.74, 6) is 0. The molecule has 0 saturated heterocycles. The number of amides is 1. The molecule has 4 rings (SSSR count). The number of fused-ring (bicyclic) bond motifs is 1. The zero-order valence-corrected chi connectivity index (χ0v) is 20.3. The molecule has 0 radical (unpaired) electrons. The number of sulfone groups is 1. The standard InChI is InChI=1S/C24H23F3NO4S2/c1-16-13-33-14-22(16)23(34(3,30)31)9-19-11-28(15-29,32-17(2)24(25,26)27)12-21(19)20(10-23)18-7-5-4-6-8-18/h4-10,12-15,17H,11H2,1-3H3/q+1/t17-,23?,28?/m0/s1. The van der Waals surface area contributed by atoms with Gasteiger partial charge in [0.05, 0.1) is 0 Å². The van der Waals surface area contributed by atoms with Crippen LogP contribution in [0.25, 0.3) is 5.57 Å². The van der Waals surface area contributed by atoms with Crippen LogP contribution in [-0.4, -0.2) is 44.6 Å². The first-order valence-corrected chi connectivity index (χ1v) is 13.2. The average molecular weight is 511 g/mol. The van der Waals surface area contributed by atoms with Gasteiger partial charge in [0.25, 0.3) is 0 Å². The molecule has 1 aromatic heterocycles. The number of alkyl halides is 3. The van der Waals surface area contributed by atoms with Crippen LogP contribution >= 0.6 is 11.3 Å². The third-order valence-corrected chi connectivity index (χ3v) is 8.66. The Bertz CT molecular complexity index is 1330. The molecule has 2 unspecified atom stereocenters. The van der Waals surface area contributed by atoms with Crippen molar-refractivity contribution in [3.8, 4) is 0 Å². The lowest BCUT2D eigenvalue weighted by atomic mass is 9.81. The number of carbonyl (C=O) groups excluding carboxylic acids is 1. The molecule has 5 nitrogen and oxygen atoms in total. The molecular formula is C24H23F3NO4S2+. The van der Waals surface area contributed by atoms with Crippen LogP contribution in [0.2, 0.25) is 0 Å². The van der Waals surface area contributed by atoms with Crippen molar-refractivity contribution in [3.63, 3.8) is 0 Å². The fourth-order valence-electron chi connectivity index (χ4n) is 4.36. The van der Waals surface area contributed by atoms with Crippen LogP contribution < -0.4 is 0 Å². The fourth-order valence-corrected chi connectivity index (χ4v) is 6.66. The van der Waals surface area contributed by atoms with Crippen LogP contribution in [0.1, 0.15) is 23.6 Å². The van der Waals surface area contributed by atoms with Gasteiger partial charge in [-0.05, 0) is 59.0 Å². The summed E-state index contributed by atoms with van der Waals surface area (Å²) >= 11 is 1.36. The molecule has 0 fully saturated rings. The second kappa shape index (κ2) is 8.30. The van der Waals surface area contributed by atoms with E-state index in [2.05, 4.69) is 0 Å². The van der Waals surface area contributed by atoms with E-state index in [-0.39, 0.29) is 6.54 Å². The van der Waals surface area contributed by atoms with Crippen molar-refractivity contribution in [3.05, 3.63) is 87.3 Å². The summed E-state index contributed by atoms with van der Waals surface area (Å²) in [4.78, 5) is 17.3. The number of hydroxylamine groups is 3. The number of hydrogen-bond donors (Lipinski definition) is 0. The smallest absolute Gasteiger partial charge is 0.230 e.